The second kappa shape index (κ2) is 6.86. The fourth-order valence-corrected chi connectivity index (χ4v) is 2.25. The topological polar surface area (TPSA) is 55.6 Å². The minimum absolute atomic E-state index is 0.277. The maximum absolute atomic E-state index is 11.4. The van der Waals surface area contributed by atoms with Crippen molar-refractivity contribution in [3.63, 3.8) is 0 Å². The number of likely N-dealkylation sites (tertiary alicyclic amines) is 1. The number of nitrogens with two attached hydrogens (primary N) is 1. The van der Waals surface area contributed by atoms with E-state index < -0.39 is 6.04 Å². The Hall–Kier alpha value is -0.610. The van der Waals surface area contributed by atoms with Gasteiger partial charge in [0, 0.05) is 13.1 Å². The zero-order valence-corrected chi connectivity index (χ0v) is 10.4. The molecule has 1 rings (SSSR count). The van der Waals surface area contributed by atoms with Crippen LogP contribution in [-0.4, -0.2) is 43.2 Å². The summed E-state index contributed by atoms with van der Waals surface area (Å²) in [4.78, 5) is 13.7. The molecule has 0 aromatic rings. The van der Waals surface area contributed by atoms with Crippen LogP contribution < -0.4 is 5.73 Å². The van der Waals surface area contributed by atoms with Crippen molar-refractivity contribution in [2.75, 3.05) is 26.2 Å². The molecule has 0 spiro atoms. The Kier molecular flexibility index (Phi) is 5.77. The molecule has 4 heteroatoms. The van der Waals surface area contributed by atoms with Crippen LogP contribution in [0.5, 0.6) is 0 Å². The average Bonchev–Trinajstić information content (AvgIpc) is 2.29. The maximum Gasteiger partial charge on any atom is 0.324 e. The van der Waals surface area contributed by atoms with Crippen LogP contribution in [0.2, 0.25) is 0 Å². The van der Waals surface area contributed by atoms with E-state index in [4.69, 9.17) is 10.5 Å². The molecule has 0 aromatic carbocycles. The molecule has 4 nitrogen and oxygen atoms in total. The number of piperidine rings is 1. The smallest absolute Gasteiger partial charge is 0.324 e. The fourth-order valence-electron chi connectivity index (χ4n) is 2.25. The van der Waals surface area contributed by atoms with Gasteiger partial charge in [-0.3, -0.25) is 4.79 Å². The number of ether oxygens (including phenoxy) is 1. The molecule has 16 heavy (non-hydrogen) atoms. The Morgan fingerprint density at radius 3 is 2.94 bits per heavy atom. The maximum atomic E-state index is 11.4. The van der Waals surface area contributed by atoms with Crippen LogP contribution >= 0.6 is 0 Å². The van der Waals surface area contributed by atoms with Gasteiger partial charge in [0.1, 0.15) is 6.04 Å². The number of esters is 1. The van der Waals surface area contributed by atoms with E-state index in [2.05, 4.69) is 11.8 Å². The summed E-state index contributed by atoms with van der Waals surface area (Å²) in [5.41, 5.74) is 5.80. The van der Waals surface area contributed by atoms with E-state index >= 15 is 0 Å². The minimum Gasteiger partial charge on any atom is -0.465 e. The van der Waals surface area contributed by atoms with Gasteiger partial charge in [-0.15, -0.1) is 0 Å². The third-order valence-electron chi connectivity index (χ3n) is 3.22. The summed E-state index contributed by atoms with van der Waals surface area (Å²) in [7, 11) is 0. The summed E-state index contributed by atoms with van der Waals surface area (Å²) in [6.45, 7) is 7.20. The van der Waals surface area contributed by atoms with Crippen molar-refractivity contribution in [1.82, 2.24) is 4.90 Å². The fraction of sp³-hybridized carbons (Fsp3) is 0.917. The van der Waals surface area contributed by atoms with Crippen molar-refractivity contribution in [1.29, 1.82) is 0 Å². The number of hydrogen-bond acceptors (Lipinski definition) is 4. The first-order valence-corrected chi connectivity index (χ1v) is 6.31. The molecule has 94 valence electrons. The van der Waals surface area contributed by atoms with Gasteiger partial charge in [0.15, 0.2) is 0 Å². The molecule has 0 amide bonds. The highest BCUT2D eigenvalue weighted by Crippen LogP contribution is 2.18. The standard InChI is InChI=1S/C12H24N2O2/c1-3-10-6-5-7-14(8-10)9-11(13)12(15)16-4-2/h10-11H,3-9,13H2,1-2H3. The highest BCUT2D eigenvalue weighted by molar-refractivity contribution is 5.75. The second-order valence-corrected chi connectivity index (χ2v) is 4.53. The Bertz CT molecular complexity index is 221. The van der Waals surface area contributed by atoms with E-state index in [1.54, 1.807) is 6.92 Å². The molecule has 0 bridgehead atoms. The van der Waals surface area contributed by atoms with Crippen LogP contribution in [0, 0.1) is 5.92 Å². The van der Waals surface area contributed by atoms with Crippen molar-refractivity contribution in [3.05, 3.63) is 0 Å². The number of carbonyl (C=O) groups excluding carboxylic acids is 1. The quantitative estimate of drug-likeness (QED) is 0.713. The zero-order chi connectivity index (χ0) is 12.0. The van der Waals surface area contributed by atoms with Gasteiger partial charge >= 0.3 is 5.97 Å². The first-order chi connectivity index (χ1) is 7.67. The molecular weight excluding hydrogens is 204 g/mol. The molecule has 2 atom stereocenters. The number of carbonyl (C=O) groups is 1. The normalized spacial score (nSPS) is 24.1. The lowest BCUT2D eigenvalue weighted by Gasteiger charge is -2.33. The molecule has 1 heterocycles. The predicted octanol–water partition coefficient (Wildman–Crippen LogP) is 0.999. The van der Waals surface area contributed by atoms with E-state index in [0.29, 0.717) is 13.2 Å². The van der Waals surface area contributed by atoms with Gasteiger partial charge in [-0.25, -0.2) is 0 Å². The summed E-state index contributed by atoms with van der Waals surface area (Å²) < 4.78 is 4.91. The number of hydrogen-bond donors (Lipinski definition) is 1. The molecular formula is C12H24N2O2. The Morgan fingerprint density at radius 1 is 1.56 bits per heavy atom. The van der Waals surface area contributed by atoms with Gasteiger partial charge in [0.25, 0.3) is 0 Å². The number of nitrogens with zero attached hydrogens (tertiary/aromatic N) is 1. The van der Waals surface area contributed by atoms with Crippen molar-refractivity contribution >= 4 is 5.97 Å². The third kappa shape index (κ3) is 4.10. The molecule has 2 N–H and O–H groups in total. The summed E-state index contributed by atoms with van der Waals surface area (Å²) >= 11 is 0. The van der Waals surface area contributed by atoms with Crippen LogP contribution in [-0.2, 0) is 9.53 Å². The lowest BCUT2D eigenvalue weighted by molar-refractivity contribution is -0.145. The molecule has 0 saturated carbocycles. The Balaban J connectivity index is 2.32. The first-order valence-electron chi connectivity index (χ1n) is 6.31. The predicted molar refractivity (Wildman–Crippen MR) is 64.1 cm³/mol. The minimum atomic E-state index is -0.490. The van der Waals surface area contributed by atoms with E-state index in [1.807, 2.05) is 0 Å². The van der Waals surface area contributed by atoms with Crippen molar-refractivity contribution in [3.8, 4) is 0 Å². The lowest BCUT2D eigenvalue weighted by atomic mass is 9.95. The monoisotopic (exact) mass is 228 g/mol. The van der Waals surface area contributed by atoms with Crippen LogP contribution in [0.25, 0.3) is 0 Å². The van der Waals surface area contributed by atoms with Crippen LogP contribution in [0.3, 0.4) is 0 Å². The van der Waals surface area contributed by atoms with E-state index in [-0.39, 0.29) is 5.97 Å². The molecule has 1 fully saturated rings. The average molecular weight is 228 g/mol. The molecule has 1 saturated heterocycles. The zero-order valence-electron chi connectivity index (χ0n) is 10.4. The molecule has 0 aliphatic carbocycles. The summed E-state index contributed by atoms with van der Waals surface area (Å²) in [5.74, 6) is 0.490. The van der Waals surface area contributed by atoms with Crippen molar-refractivity contribution in [2.45, 2.75) is 39.2 Å². The third-order valence-corrected chi connectivity index (χ3v) is 3.22. The summed E-state index contributed by atoms with van der Waals surface area (Å²) in [5, 5.41) is 0. The SMILES string of the molecule is CCOC(=O)C(N)CN1CCCC(CC)C1. The molecule has 1 aliphatic heterocycles. The largest absolute Gasteiger partial charge is 0.465 e. The van der Waals surface area contributed by atoms with Gasteiger partial charge in [-0.2, -0.15) is 0 Å². The summed E-state index contributed by atoms with van der Waals surface area (Å²) in [6, 6.07) is -0.490. The van der Waals surface area contributed by atoms with Gasteiger partial charge < -0.3 is 15.4 Å². The molecule has 1 aliphatic rings. The van der Waals surface area contributed by atoms with E-state index in [0.717, 1.165) is 19.0 Å². The van der Waals surface area contributed by atoms with Gasteiger partial charge in [-0.1, -0.05) is 13.3 Å². The molecule has 0 aromatic heterocycles. The van der Waals surface area contributed by atoms with Crippen LogP contribution in [0.15, 0.2) is 0 Å². The van der Waals surface area contributed by atoms with Crippen LogP contribution in [0.4, 0.5) is 0 Å². The van der Waals surface area contributed by atoms with Crippen LogP contribution in [0.1, 0.15) is 33.1 Å². The van der Waals surface area contributed by atoms with Gasteiger partial charge in [-0.05, 0) is 32.2 Å². The Labute approximate surface area is 98.1 Å². The van der Waals surface area contributed by atoms with E-state index in [1.165, 1.54) is 19.3 Å². The van der Waals surface area contributed by atoms with Crippen molar-refractivity contribution < 1.29 is 9.53 Å². The first kappa shape index (κ1) is 13.5. The Morgan fingerprint density at radius 2 is 2.31 bits per heavy atom. The highest BCUT2D eigenvalue weighted by atomic mass is 16.5. The van der Waals surface area contributed by atoms with E-state index in [9.17, 15) is 4.79 Å². The van der Waals surface area contributed by atoms with Gasteiger partial charge in [0.2, 0.25) is 0 Å². The number of rotatable bonds is 5. The molecule has 2 unspecified atom stereocenters. The lowest BCUT2D eigenvalue weighted by Crippen LogP contribution is -2.46. The second-order valence-electron chi connectivity index (χ2n) is 4.53. The van der Waals surface area contributed by atoms with Crippen molar-refractivity contribution in [2.24, 2.45) is 11.7 Å². The van der Waals surface area contributed by atoms with Gasteiger partial charge in [0.05, 0.1) is 6.61 Å². The highest BCUT2D eigenvalue weighted by Gasteiger charge is 2.23. The molecule has 0 radical (unpaired) electrons. The summed E-state index contributed by atoms with van der Waals surface area (Å²) in [6.07, 6.45) is 3.74.